The van der Waals surface area contributed by atoms with Crippen molar-refractivity contribution in [1.82, 2.24) is 9.78 Å². The van der Waals surface area contributed by atoms with Crippen LogP contribution in [0.1, 0.15) is 5.56 Å². The van der Waals surface area contributed by atoms with Crippen molar-refractivity contribution in [3.8, 4) is 17.3 Å². The Morgan fingerprint density at radius 1 is 1.15 bits per heavy atom. The lowest BCUT2D eigenvalue weighted by Crippen LogP contribution is -2.13. The predicted octanol–water partition coefficient (Wildman–Crippen LogP) is 4.29. The van der Waals surface area contributed by atoms with Gasteiger partial charge in [0.2, 0.25) is 5.88 Å². The van der Waals surface area contributed by atoms with E-state index in [0.29, 0.717) is 22.3 Å². The highest BCUT2D eigenvalue weighted by Crippen LogP contribution is 2.24. The molecule has 8 heteroatoms. The van der Waals surface area contributed by atoms with Crippen LogP contribution >= 0.6 is 11.6 Å². The minimum atomic E-state index is -0.562. The van der Waals surface area contributed by atoms with Crippen molar-refractivity contribution in [3.63, 3.8) is 0 Å². The molecule has 1 amide bonds. The SMILES string of the molecule is COC(=O)Nc1ccc(OC)cc1COc1ccn(-c2ccc(Cl)cc2)n1. The summed E-state index contributed by atoms with van der Waals surface area (Å²) in [5, 5.41) is 7.69. The minimum Gasteiger partial charge on any atom is -0.497 e. The summed E-state index contributed by atoms with van der Waals surface area (Å²) in [7, 11) is 2.87. The van der Waals surface area contributed by atoms with E-state index >= 15 is 0 Å². The van der Waals surface area contributed by atoms with Crippen molar-refractivity contribution in [2.24, 2.45) is 0 Å². The Hall–Kier alpha value is -3.19. The van der Waals surface area contributed by atoms with Gasteiger partial charge in [-0.05, 0) is 42.5 Å². The van der Waals surface area contributed by atoms with Gasteiger partial charge in [0.05, 0.1) is 25.6 Å². The Kier molecular flexibility index (Phi) is 5.83. The van der Waals surface area contributed by atoms with E-state index in [1.807, 2.05) is 12.1 Å². The molecule has 0 fully saturated rings. The van der Waals surface area contributed by atoms with Crippen LogP contribution in [0.5, 0.6) is 11.6 Å². The Morgan fingerprint density at radius 3 is 2.63 bits per heavy atom. The van der Waals surface area contributed by atoms with Crippen molar-refractivity contribution in [1.29, 1.82) is 0 Å². The van der Waals surface area contributed by atoms with Gasteiger partial charge >= 0.3 is 6.09 Å². The number of benzene rings is 2. The molecule has 0 saturated heterocycles. The van der Waals surface area contributed by atoms with Crippen LogP contribution < -0.4 is 14.8 Å². The smallest absolute Gasteiger partial charge is 0.411 e. The first-order chi connectivity index (χ1) is 13.1. The number of aromatic nitrogens is 2. The van der Waals surface area contributed by atoms with E-state index in [-0.39, 0.29) is 6.61 Å². The summed E-state index contributed by atoms with van der Waals surface area (Å²) >= 11 is 5.90. The highest BCUT2D eigenvalue weighted by Gasteiger charge is 2.10. The molecule has 0 aliphatic heterocycles. The zero-order chi connectivity index (χ0) is 19.2. The number of methoxy groups -OCH3 is 2. The van der Waals surface area contributed by atoms with Gasteiger partial charge in [-0.25, -0.2) is 9.48 Å². The van der Waals surface area contributed by atoms with Gasteiger partial charge in [0.25, 0.3) is 0 Å². The third-order valence-electron chi connectivity index (χ3n) is 3.77. The monoisotopic (exact) mass is 387 g/mol. The second kappa shape index (κ2) is 8.46. The van der Waals surface area contributed by atoms with Crippen LogP contribution in [-0.4, -0.2) is 30.1 Å². The number of anilines is 1. The number of carbonyl (C=O) groups is 1. The molecular formula is C19H18ClN3O4. The van der Waals surface area contributed by atoms with E-state index in [2.05, 4.69) is 15.2 Å². The van der Waals surface area contributed by atoms with Crippen LogP contribution in [0, 0.1) is 0 Å². The quantitative estimate of drug-likeness (QED) is 0.682. The summed E-state index contributed by atoms with van der Waals surface area (Å²) in [6.07, 6.45) is 1.23. The fourth-order valence-corrected chi connectivity index (χ4v) is 2.50. The van der Waals surface area contributed by atoms with Crippen LogP contribution in [0.3, 0.4) is 0 Å². The van der Waals surface area contributed by atoms with Crippen molar-refractivity contribution in [3.05, 3.63) is 65.3 Å². The minimum absolute atomic E-state index is 0.189. The van der Waals surface area contributed by atoms with E-state index in [4.69, 9.17) is 21.1 Å². The lowest BCUT2D eigenvalue weighted by Gasteiger charge is -2.12. The largest absolute Gasteiger partial charge is 0.497 e. The van der Waals surface area contributed by atoms with E-state index in [1.54, 1.807) is 54.4 Å². The predicted molar refractivity (Wildman–Crippen MR) is 102 cm³/mol. The molecule has 27 heavy (non-hydrogen) atoms. The maximum atomic E-state index is 11.5. The van der Waals surface area contributed by atoms with Gasteiger partial charge in [0.1, 0.15) is 12.4 Å². The molecule has 0 saturated carbocycles. The van der Waals surface area contributed by atoms with Crippen molar-refractivity contribution < 1.29 is 19.0 Å². The molecule has 0 atom stereocenters. The molecule has 1 heterocycles. The van der Waals surface area contributed by atoms with E-state index < -0.39 is 6.09 Å². The summed E-state index contributed by atoms with van der Waals surface area (Å²) < 4.78 is 17.3. The standard InChI is InChI=1S/C19H18ClN3O4/c1-25-16-7-8-17(21-19(24)26-2)13(11-16)12-27-18-9-10-23(22-18)15-5-3-14(20)4-6-15/h3-11H,12H2,1-2H3,(H,21,24). The molecule has 0 radical (unpaired) electrons. The van der Waals surface area contributed by atoms with Crippen LogP contribution in [0.15, 0.2) is 54.7 Å². The second-order valence-corrected chi connectivity index (χ2v) is 5.94. The Bertz CT molecular complexity index is 925. The molecule has 0 aliphatic carbocycles. The fourth-order valence-electron chi connectivity index (χ4n) is 2.37. The number of halogens is 1. The van der Waals surface area contributed by atoms with Crippen molar-refractivity contribution in [2.75, 3.05) is 19.5 Å². The van der Waals surface area contributed by atoms with E-state index in [1.165, 1.54) is 7.11 Å². The molecular weight excluding hydrogens is 370 g/mol. The summed E-state index contributed by atoms with van der Waals surface area (Å²) in [6, 6.07) is 14.3. The molecule has 0 bridgehead atoms. The Morgan fingerprint density at radius 2 is 1.93 bits per heavy atom. The lowest BCUT2D eigenvalue weighted by atomic mass is 10.2. The average molecular weight is 388 g/mol. The highest BCUT2D eigenvalue weighted by molar-refractivity contribution is 6.30. The molecule has 140 valence electrons. The van der Waals surface area contributed by atoms with Gasteiger partial charge in [-0.15, -0.1) is 5.10 Å². The highest BCUT2D eigenvalue weighted by atomic mass is 35.5. The molecule has 7 nitrogen and oxygen atoms in total. The van der Waals surface area contributed by atoms with Crippen LogP contribution in [0.4, 0.5) is 10.5 Å². The first-order valence-electron chi connectivity index (χ1n) is 8.05. The molecule has 0 spiro atoms. The number of hydrogen-bond donors (Lipinski definition) is 1. The van der Waals surface area contributed by atoms with E-state index in [0.717, 1.165) is 11.3 Å². The number of nitrogens with one attached hydrogen (secondary N) is 1. The number of hydrogen-bond acceptors (Lipinski definition) is 5. The Labute approximate surface area is 161 Å². The summed E-state index contributed by atoms with van der Waals surface area (Å²) in [6.45, 7) is 0.189. The molecule has 3 aromatic rings. The average Bonchev–Trinajstić information content (AvgIpc) is 3.16. The topological polar surface area (TPSA) is 74.6 Å². The first-order valence-corrected chi connectivity index (χ1v) is 8.43. The zero-order valence-corrected chi connectivity index (χ0v) is 15.6. The normalized spacial score (nSPS) is 10.3. The van der Waals surface area contributed by atoms with Gasteiger partial charge in [-0.1, -0.05) is 11.6 Å². The molecule has 0 aliphatic rings. The second-order valence-electron chi connectivity index (χ2n) is 5.50. The summed E-state index contributed by atoms with van der Waals surface area (Å²) in [4.78, 5) is 11.5. The number of nitrogens with zero attached hydrogens (tertiary/aromatic N) is 2. The fraction of sp³-hybridized carbons (Fsp3) is 0.158. The van der Waals surface area contributed by atoms with Gasteiger partial charge in [-0.2, -0.15) is 0 Å². The molecule has 0 unspecified atom stereocenters. The molecule has 1 N–H and O–H groups in total. The summed E-state index contributed by atoms with van der Waals surface area (Å²) in [5.41, 5.74) is 2.16. The maximum absolute atomic E-state index is 11.5. The number of amides is 1. The summed E-state index contributed by atoms with van der Waals surface area (Å²) in [5.74, 6) is 1.09. The first kappa shape index (κ1) is 18.6. The van der Waals surface area contributed by atoms with Crippen LogP contribution in [0.2, 0.25) is 5.02 Å². The maximum Gasteiger partial charge on any atom is 0.411 e. The molecule has 3 rings (SSSR count). The van der Waals surface area contributed by atoms with Gasteiger partial charge < -0.3 is 14.2 Å². The van der Waals surface area contributed by atoms with Crippen molar-refractivity contribution in [2.45, 2.75) is 6.61 Å². The molecule has 2 aromatic carbocycles. The third-order valence-corrected chi connectivity index (χ3v) is 4.02. The Balaban J connectivity index is 1.74. The van der Waals surface area contributed by atoms with E-state index in [9.17, 15) is 4.79 Å². The van der Waals surface area contributed by atoms with Crippen molar-refractivity contribution >= 4 is 23.4 Å². The van der Waals surface area contributed by atoms with Crippen LogP contribution in [0.25, 0.3) is 5.69 Å². The molecule has 1 aromatic heterocycles. The zero-order valence-electron chi connectivity index (χ0n) is 14.8. The van der Waals surface area contributed by atoms with Crippen LogP contribution in [-0.2, 0) is 11.3 Å². The lowest BCUT2D eigenvalue weighted by molar-refractivity contribution is 0.187. The van der Waals surface area contributed by atoms with Gasteiger partial charge in [0, 0.05) is 22.8 Å². The third kappa shape index (κ3) is 4.71. The number of carbonyl (C=O) groups excluding carboxylic acids is 1. The number of ether oxygens (including phenoxy) is 3. The van der Waals surface area contributed by atoms with Gasteiger partial charge in [0.15, 0.2) is 0 Å². The number of rotatable bonds is 6. The van der Waals surface area contributed by atoms with Gasteiger partial charge in [-0.3, -0.25) is 5.32 Å².